The van der Waals surface area contributed by atoms with Gasteiger partial charge in [0, 0.05) is 31.7 Å². The molecule has 0 aromatic heterocycles. The lowest BCUT2D eigenvalue weighted by Crippen LogP contribution is -2.35. The first-order valence-corrected chi connectivity index (χ1v) is 7.41. The van der Waals surface area contributed by atoms with Gasteiger partial charge in [-0.15, -0.1) is 0 Å². The molecule has 1 N–H and O–H groups in total. The average molecular weight is 295 g/mol. The zero-order valence-electron chi connectivity index (χ0n) is 12.3. The van der Waals surface area contributed by atoms with Crippen LogP contribution in [0, 0.1) is 15.9 Å². The van der Waals surface area contributed by atoms with E-state index in [2.05, 4.69) is 17.3 Å². The summed E-state index contributed by atoms with van der Waals surface area (Å²) in [7, 11) is 2.13. The highest BCUT2D eigenvalue weighted by atomic mass is 19.1. The Morgan fingerprint density at radius 1 is 1.38 bits per heavy atom. The first-order valence-electron chi connectivity index (χ1n) is 7.41. The number of nitrogens with one attached hydrogen (secondary N) is 1. The molecule has 21 heavy (non-hydrogen) atoms. The number of nitro benzene ring substituents is 1. The van der Waals surface area contributed by atoms with E-state index in [4.69, 9.17) is 0 Å². The number of halogens is 1. The van der Waals surface area contributed by atoms with E-state index in [1.165, 1.54) is 37.8 Å². The summed E-state index contributed by atoms with van der Waals surface area (Å²) in [5.41, 5.74) is 0.403. The standard InChI is InChI=1S/C15H22FN3O2/c1-18(14-4-2-3-5-14)7-6-17-11-12-8-13(16)10-15(9-12)19(20)21/h8-10,14,17H,2-7,11H2,1H3. The maximum Gasteiger partial charge on any atom is 0.272 e. The summed E-state index contributed by atoms with van der Waals surface area (Å²) >= 11 is 0. The van der Waals surface area contributed by atoms with Crippen LogP contribution in [0.3, 0.4) is 0 Å². The van der Waals surface area contributed by atoms with E-state index in [1.807, 2.05) is 0 Å². The molecule has 116 valence electrons. The van der Waals surface area contributed by atoms with E-state index < -0.39 is 10.7 Å². The van der Waals surface area contributed by atoms with E-state index in [1.54, 1.807) is 0 Å². The molecule has 1 aromatic rings. The lowest BCUT2D eigenvalue weighted by Gasteiger charge is -2.23. The van der Waals surface area contributed by atoms with Gasteiger partial charge in [-0.25, -0.2) is 4.39 Å². The van der Waals surface area contributed by atoms with Gasteiger partial charge in [0.15, 0.2) is 0 Å². The Morgan fingerprint density at radius 2 is 2.10 bits per heavy atom. The van der Waals surface area contributed by atoms with E-state index in [9.17, 15) is 14.5 Å². The number of hydrogen-bond acceptors (Lipinski definition) is 4. The van der Waals surface area contributed by atoms with Crippen molar-refractivity contribution in [3.05, 3.63) is 39.7 Å². The van der Waals surface area contributed by atoms with Crippen LogP contribution in [0.4, 0.5) is 10.1 Å². The summed E-state index contributed by atoms with van der Waals surface area (Å²) < 4.78 is 13.3. The van der Waals surface area contributed by atoms with Crippen molar-refractivity contribution in [3.63, 3.8) is 0 Å². The molecule has 0 heterocycles. The second-order valence-electron chi connectivity index (χ2n) is 5.67. The van der Waals surface area contributed by atoms with Crippen molar-refractivity contribution in [1.29, 1.82) is 0 Å². The summed E-state index contributed by atoms with van der Waals surface area (Å²) in [6, 6.07) is 4.37. The number of likely N-dealkylation sites (N-methyl/N-ethyl adjacent to an activating group) is 1. The largest absolute Gasteiger partial charge is 0.311 e. The van der Waals surface area contributed by atoms with Gasteiger partial charge < -0.3 is 10.2 Å². The normalized spacial score (nSPS) is 15.8. The minimum absolute atomic E-state index is 0.199. The van der Waals surface area contributed by atoms with Crippen LogP contribution in [0.1, 0.15) is 31.2 Å². The number of hydrogen-bond donors (Lipinski definition) is 1. The van der Waals surface area contributed by atoms with Crippen molar-refractivity contribution in [1.82, 2.24) is 10.2 Å². The molecule has 0 amide bonds. The number of rotatable bonds is 7. The van der Waals surface area contributed by atoms with E-state index in [0.29, 0.717) is 18.2 Å². The molecule has 0 spiro atoms. The monoisotopic (exact) mass is 295 g/mol. The van der Waals surface area contributed by atoms with Gasteiger partial charge >= 0.3 is 0 Å². The number of benzene rings is 1. The second-order valence-corrected chi connectivity index (χ2v) is 5.67. The second kappa shape index (κ2) is 7.47. The third-order valence-corrected chi connectivity index (χ3v) is 4.07. The Labute approximate surface area is 124 Å². The zero-order valence-corrected chi connectivity index (χ0v) is 12.3. The predicted molar refractivity (Wildman–Crippen MR) is 79.6 cm³/mol. The van der Waals surface area contributed by atoms with Gasteiger partial charge in [0.2, 0.25) is 0 Å². The van der Waals surface area contributed by atoms with Crippen LogP contribution in [0.25, 0.3) is 0 Å². The number of nitrogens with zero attached hydrogens (tertiary/aromatic N) is 2. The Hall–Kier alpha value is -1.53. The minimum Gasteiger partial charge on any atom is -0.311 e. The molecule has 0 saturated heterocycles. The summed E-state index contributed by atoms with van der Waals surface area (Å²) in [6.45, 7) is 2.16. The van der Waals surface area contributed by atoms with Crippen molar-refractivity contribution in [3.8, 4) is 0 Å². The quantitative estimate of drug-likeness (QED) is 0.477. The van der Waals surface area contributed by atoms with Gasteiger partial charge in [-0.3, -0.25) is 10.1 Å². The van der Waals surface area contributed by atoms with E-state index in [0.717, 1.165) is 19.2 Å². The molecule has 0 radical (unpaired) electrons. The molecule has 0 unspecified atom stereocenters. The Kier molecular flexibility index (Phi) is 5.64. The molecule has 6 heteroatoms. The molecule has 1 fully saturated rings. The van der Waals surface area contributed by atoms with Crippen molar-refractivity contribution < 1.29 is 9.31 Å². The van der Waals surface area contributed by atoms with Crippen LogP contribution in [-0.4, -0.2) is 36.0 Å². The van der Waals surface area contributed by atoms with Crippen molar-refractivity contribution >= 4 is 5.69 Å². The number of non-ortho nitro benzene ring substituents is 1. The van der Waals surface area contributed by atoms with Gasteiger partial charge in [-0.05, 0) is 31.5 Å². The first-order chi connectivity index (χ1) is 10.1. The fourth-order valence-corrected chi connectivity index (χ4v) is 2.86. The average Bonchev–Trinajstić information content (AvgIpc) is 2.97. The summed E-state index contributed by atoms with van der Waals surface area (Å²) in [5, 5.41) is 13.9. The van der Waals surface area contributed by atoms with Crippen LogP contribution in [-0.2, 0) is 6.54 Å². The molecule has 5 nitrogen and oxygen atoms in total. The fourth-order valence-electron chi connectivity index (χ4n) is 2.86. The van der Waals surface area contributed by atoms with Crippen LogP contribution >= 0.6 is 0 Å². The predicted octanol–water partition coefficient (Wildman–Crippen LogP) is 2.70. The summed E-state index contributed by atoms with van der Waals surface area (Å²) in [6.07, 6.45) is 5.17. The molecule has 2 rings (SSSR count). The Morgan fingerprint density at radius 3 is 2.76 bits per heavy atom. The first kappa shape index (κ1) is 15.9. The van der Waals surface area contributed by atoms with E-state index in [-0.39, 0.29) is 5.69 Å². The van der Waals surface area contributed by atoms with Gasteiger partial charge in [0.25, 0.3) is 5.69 Å². The summed E-state index contributed by atoms with van der Waals surface area (Å²) in [4.78, 5) is 12.5. The van der Waals surface area contributed by atoms with Gasteiger partial charge in [0.05, 0.1) is 11.0 Å². The molecule has 0 bridgehead atoms. The van der Waals surface area contributed by atoms with Crippen molar-refractivity contribution in [2.45, 2.75) is 38.3 Å². The molecule has 0 aliphatic heterocycles. The molecule has 1 aromatic carbocycles. The molecule has 1 aliphatic rings. The van der Waals surface area contributed by atoms with Crippen molar-refractivity contribution in [2.75, 3.05) is 20.1 Å². The highest BCUT2D eigenvalue weighted by Crippen LogP contribution is 2.21. The molecule has 0 atom stereocenters. The van der Waals surface area contributed by atoms with Crippen molar-refractivity contribution in [2.24, 2.45) is 0 Å². The van der Waals surface area contributed by atoms with Crippen LogP contribution in [0.5, 0.6) is 0 Å². The molecular formula is C15H22FN3O2. The molecular weight excluding hydrogens is 273 g/mol. The maximum absolute atomic E-state index is 13.3. The third kappa shape index (κ3) is 4.75. The highest BCUT2D eigenvalue weighted by Gasteiger charge is 2.18. The minimum atomic E-state index is -0.569. The zero-order chi connectivity index (χ0) is 15.2. The van der Waals surface area contributed by atoms with Gasteiger partial charge in [-0.2, -0.15) is 0 Å². The van der Waals surface area contributed by atoms with Crippen LogP contribution in [0.2, 0.25) is 0 Å². The van der Waals surface area contributed by atoms with Gasteiger partial charge in [0.1, 0.15) is 5.82 Å². The summed E-state index contributed by atoms with van der Waals surface area (Å²) in [5.74, 6) is -0.566. The lowest BCUT2D eigenvalue weighted by molar-refractivity contribution is -0.385. The van der Waals surface area contributed by atoms with Crippen LogP contribution in [0.15, 0.2) is 18.2 Å². The number of nitro groups is 1. The van der Waals surface area contributed by atoms with Gasteiger partial charge in [-0.1, -0.05) is 12.8 Å². The smallest absolute Gasteiger partial charge is 0.272 e. The maximum atomic E-state index is 13.3. The topological polar surface area (TPSA) is 58.4 Å². The SMILES string of the molecule is CN(CCNCc1cc(F)cc([N+](=O)[O-])c1)C1CCCC1. The molecule has 1 saturated carbocycles. The van der Waals surface area contributed by atoms with E-state index >= 15 is 0 Å². The highest BCUT2D eigenvalue weighted by molar-refractivity contribution is 5.35. The molecule has 1 aliphatic carbocycles. The Bertz CT molecular complexity index is 490. The lowest BCUT2D eigenvalue weighted by atomic mass is 10.2. The Balaban J connectivity index is 1.76. The van der Waals surface area contributed by atoms with Crippen LogP contribution < -0.4 is 5.32 Å². The fraction of sp³-hybridized carbons (Fsp3) is 0.600. The third-order valence-electron chi connectivity index (χ3n) is 4.07.